The van der Waals surface area contributed by atoms with Gasteiger partial charge in [-0.1, -0.05) is 12.8 Å². The van der Waals surface area contributed by atoms with Gasteiger partial charge in [0, 0.05) is 17.8 Å². The number of hydrogen-bond acceptors (Lipinski definition) is 3. The third-order valence-electron chi connectivity index (χ3n) is 3.98. The molecule has 1 saturated heterocycles. The first kappa shape index (κ1) is 16.1. The average molecular weight is 293 g/mol. The molecule has 2 fully saturated rings. The van der Waals surface area contributed by atoms with Crippen molar-refractivity contribution in [3.63, 3.8) is 0 Å². The lowest BCUT2D eigenvalue weighted by molar-refractivity contribution is -0.123. The van der Waals surface area contributed by atoms with E-state index in [0.717, 1.165) is 18.1 Å². The lowest BCUT2D eigenvalue weighted by Gasteiger charge is -2.24. The Morgan fingerprint density at radius 3 is 2.83 bits per heavy atom. The molecule has 0 aromatic carbocycles. The van der Waals surface area contributed by atoms with Crippen molar-refractivity contribution >= 4 is 30.1 Å². The number of fused-ring (bicyclic) bond motifs is 1. The third kappa shape index (κ3) is 4.04. The monoisotopic (exact) mass is 292 g/mol. The molecule has 1 aliphatic heterocycles. The fraction of sp³-hybridized carbons (Fsp3) is 0.923. The lowest BCUT2D eigenvalue weighted by atomic mass is 9.85. The number of carbonyl (C=O) groups is 1. The summed E-state index contributed by atoms with van der Waals surface area (Å²) in [6, 6.07) is 0.949. The zero-order chi connectivity index (χ0) is 12.3. The van der Waals surface area contributed by atoms with Gasteiger partial charge in [0.1, 0.15) is 0 Å². The van der Waals surface area contributed by atoms with Crippen LogP contribution in [-0.4, -0.2) is 36.0 Å². The Hall–Kier alpha value is 0.0700. The summed E-state index contributed by atoms with van der Waals surface area (Å²) in [5, 5.41) is 6.63. The average Bonchev–Trinajstić information content (AvgIpc) is 2.72. The molecule has 2 rings (SSSR count). The van der Waals surface area contributed by atoms with Crippen LogP contribution in [0.2, 0.25) is 0 Å². The molecule has 1 amide bonds. The minimum atomic E-state index is 0. The Morgan fingerprint density at radius 2 is 2.17 bits per heavy atom. The number of amides is 1. The minimum absolute atomic E-state index is 0. The van der Waals surface area contributed by atoms with E-state index in [1.807, 2.05) is 0 Å². The van der Waals surface area contributed by atoms with E-state index >= 15 is 0 Å². The van der Waals surface area contributed by atoms with Crippen LogP contribution in [0.1, 0.15) is 39.0 Å². The number of nitrogens with one attached hydrogen (secondary N) is 2. The predicted molar refractivity (Wildman–Crippen MR) is 80.5 cm³/mol. The van der Waals surface area contributed by atoms with E-state index in [2.05, 4.69) is 23.8 Å². The van der Waals surface area contributed by atoms with Crippen molar-refractivity contribution in [2.24, 2.45) is 5.92 Å². The minimum Gasteiger partial charge on any atom is -0.351 e. The molecule has 1 heterocycles. The summed E-state index contributed by atoms with van der Waals surface area (Å²) in [6.45, 7) is 2.08. The maximum absolute atomic E-state index is 12.1. The standard InChI is InChI=1S/C13H24N2OS.ClH/c1-9(8-17-2)14-13(16)12-7-10-5-3-4-6-11(10)15-12;/h9-12,15H,3-8H2,1-2H3,(H,14,16);1H. The van der Waals surface area contributed by atoms with E-state index < -0.39 is 0 Å². The summed E-state index contributed by atoms with van der Waals surface area (Å²) in [4.78, 5) is 12.1. The molecule has 1 saturated carbocycles. The molecular weight excluding hydrogens is 268 g/mol. The van der Waals surface area contributed by atoms with Crippen LogP contribution >= 0.6 is 24.2 Å². The first-order valence-corrected chi connectivity index (χ1v) is 8.15. The van der Waals surface area contributed by atoms with Gasteiger partial charge >= 0.3 is 0 Å². The number of hydrogen-bond donors (Lipinski definition) is 2. The molecule has 0 bridgehead atoms. The van der Waals surface area contributed by atoms with Crippen molar-refractivity contribution in [1.82, 2.24) is 10.6 Å². The molecular formula is C13H25ClN2OS. The van der Waals surface area contributed by atoms with E-state index in [1.54, 1.807) is 11.8 Å². The van der Waals surface area contributed by atoms with Crippen molar-refractivity contribution in [3.8, 4) is 0 Å². The van der Waals surface area contributed by atoms with E-state index in [9.17, 15) is 4.79 Å². The van der Waals surface area contributed by atoms with Crippen molar-refractivity contribution in [3.05, 3.63) is 0 Å². The highest BCUT2D eigenvalue weighted by atomic mass is 35.5. The number of thioether (sulfide) groups is 1. The van der Waals surface area contributed by atoms with E-state index in [1.165, 1.54) is 25.7 Å². The van der Waals surface area contributed by atoms with Crippen LogP contribution in [0.4, 0.5) is 0 Å². The fourth-order valence-electron chi connectivity index (χ4n) is 3.16. The first-order chi connectivity index (χ1) is 8.20. The molecule has 18 heavy (non-hydrogen) atoms. The summed E-state index contributed by atoms with van der Waals surface area (Å²) in [7, 11) is 0. The molecule has 3 nitrogen and oxygen atoms in total. The smallest absolute Gasteiger partial charge is 0.237 e. The van der Waals surface area contributed by atoms with Gasteiger partial charge in [0.25, 0.3) is 0 Å². The van der Waals surface area contributed by atoms with E-state index in [4.69, 9.17) is 0 Å². The Labute approximate surface area is 121 Å². The molecule has 106 valence electrons. The zero-order valence-corrected chi connectivity index (χ0v) is 12.9. The summed E-state index contributed by atoms with van der Waals surface area (Å²) in [5.74, 6) is 1.95. The van der Waals surface area contributed by atoms with E-state index in [0.29, 0.717) is 6.04 Å². The number of carbonyl (C=O) groups excluding carboxylic acids is 1. The van der Waals surface area contributed by atoms with Crippen LogP contribution in [0.3, 0.4) is 0 Å². The molecule has 0 aromatic heterocycles. The Bertz CT molecular complexity index is 264. The Balaban J connectivity index is 0.00000162. The van der Waals surface area contributed by atoms with Gasteiger partial charge in [-0.05, 0) is 38.4 Å². The first-order valence-electron chi connectivity index (χ1n) is 6.76. The van der Waals surface area contributed by atoms with Gasteiger partial charge in [-0.2, -0.15) is 11.8 Å². The Kier molecular flexibility index (Phi) is 6.82. The highest BCUT2D eigenvalue weighted by Gasteiger charge is 2.38. The van der Waals surface area contributed by atoms with Gasteiger partial charge in [0.15, 0.2) is 0 Å². The van der Waals surface area contributed by atoms with Crippen LogP contribution in [0.5, 0.6) is 0 Å². The number of halogens is 1. The van der Waals surface area contributed by atoms with Gasteiger partial charge in [-0.15, -0.1) is 12.4 Å². The third-order valence-corrected chi connectivity index (χ3v) is 4.82. The van der Waals surface area contributed by atoms with Crippen LogP contribution in [0.15, 0.2) is 0 Å². The van der Waals surface area contributed by atoms with Crippen LogP contribution in [-0.2, 0) is 4.79 Å². The molecule has 4 atom stereocenters. The summed E-state index contributed by atoms with van der Waals surface area (Å²) >= 11 is 1.78. The summed E-state index contributed by atoms with van der Waals surface area (Å²) < 4.78 is 0. The molecule has 4 unspecified atom stereocenters. The Morgan fingerprint density at radius 1 is 1.44 bits per heavy atom. The fourth-order valence-corrected chi connectivity index (χ4v) is 3.74. The highest BCUT2D eigenvalue weighted by Crippen LogP contribution is 2.33. The normalized spacial score (nSPS) is 32.2. The van der Waals surface area contributed by atoms with Crippen LogP contribution in [0, 0.1) is 5.92 Å². The molecule has 5 heteroatoms. The van der Waals surface area contributed by atoms with Gasteiger partial charge in [0.2, 0.25) is 5.91 Å². The molecule has 2 aliphatic rings. The highest BCUT2D eigenvalue weighted by molar-refractivity contribution is 7.98. The van der Waals surface area contributed by atoms with E-state index in [-0.39, 0.29) is 30.4 Å². The number of rotatable bonds is 4. The van der Waals surface area contributed by atoms with Crippen molar-refractivity contribution in [2.45, 2.75) is 57.2 Å². The zero-order valence-electron chi connectivity index (χ0n) is 11.3. The molecule has 2 N–H and O–H groups in total. The lowest BCUT2D eigenvalue weighted by Crippen LogP contribution is -2.46. The van der Waals surface area contributed by atoms with Crippen molar-refractivity contribution in [2.75, 3.05) is 12.0 Å². The van der Waals surface area contributed by atoms with Crippen LogP contribution < -0.4 is 10.6 Å². The predicted octanol–water partition coefficient (Wildman–Crippen LogP) is 2.20. The maximum Gasteiger partial charge on any atom is 0.237 e. The van der Waals surface area contributed by atoms with Gasteiger partial charge in [-0.25, -0.2) is 0 Å². The van der Waals surface area contributed by atoms with Crippen molar-refractivity contribution < 1.29 is 4.79 Å². The van der Waals surface area contributed by atoms with Gasteiger partial charge in [0.05, 0.1) is 6.04 Å². The second-order valence-electron chi connectivity index (χ2n) is 5.47. The SMILES string of the molecule is CSCC(C)NC(=O)C1CC2CCCCC2N1.Cl. The quantitative estimate of drug-likeness (QED) is 0.835. The summed E-state index contributed by atoms with van der Waals surface area (Å²) in [5.41, 5.74) is 0. The van der Waals surface area contributed by atoms with Gasteiger partial charge in [-0.3, -0.25) is 4.79 Å². The second-order valence-corrected chi connectivity index (χ2v) is 6.38. The topological polar surface area (TPSA) is 41.1 Å². The molecule has 1 aliphatic carbocycles. The molecule has 0 aromatic rings. The molecule has 0 spiro atoms. The second kappa shape index (κ2) is 7.61. The largest absolute Gasteiger partial charge is 0.351 e. The van der Waals surface area contributed by atoms with Gasteiger partial charge < -0.3 is 10.6 Å². The maximum atomic E-state index is 12.1. The summed E-state index contributed by atoms with van der Waals surface area (Å²) in [6.07, 6.45) is 8.36. The van der Waals surface area contributed by atoms with Crippen molar-refractivity contribution in [1.29, 1.82) is 0 Å². The molecule has 0 radical (unpaired) electrons. The van der Waals surface area contributed by atoms with Crippen LogP contribution in [0.25, 0.3) is 0 Å².